The summed E-state index contributed by atoms with van der Waals surface area (Å²) in [5, 5.41) is 2.83. The summed E-state index contributed by atoms with van der Waals surface area (Å²) in [7, 11) is 0. The molecule has 106 valence electrons. The maximum atomic E-state index is 12.5. The molecule has 1 aromatic rings. The number of carbonyl (C=O) groups excluding carboxylic acids is 2. The van der Waals surface area contributed by atoms with Crippen LogP contribution in [0.15, 0.2) is 24.3 Å². The van der Waals surface area contributed by atoms with Crippen molar-refractivity contribution in [2.45, 2.75) is 38.5 Å². The summed E-state index contributed by atoms with van der Waals surface area (Å²) < 4.78 is 5.62. The molecule has 1 N–H and O–H groups in total. The van der Waals surface area contributed by atoms with Gasteiger partial charge < -0.3 is 15.0 Å². The molecule has 5 nitrogen and oxygen atoms in total. The van der Waals surface area contributed by atoms with E-state index in [4.69, 9.17) is 4.74 Å². The third-order valence-corrected chi connectivity index (χ3v) is 3.81. The summed E-state index contributed by atoms with van der Waals surface area (Å²) in [6, 6.07) is 7.57. The summed E-state index contributed by atoms with van der Waals surface area (Å²) in [6.45, 7) is 2.50. The number of nitrogens with zero attached hydrogens (tertiary/aromatic N) is 1. The smallest absolute Gasteiger partial charge is 0.252 e. The molecule has 1 fully saturated rings. The third-order valence-electron chi connectivity index (χ3n) is 3.81. The molecule has 2 atom stereocenters. The van der Waals surface area contributed by atoms with Gasteiger partial charge in [0.15, 0.2) is 0 Å². The predicted molar refractivity (Wildman–Crippen MR) is 74.1 cm³/mol. The van der Waals surface area contributed by atoms with Crippen LogP contribution >= 0.6 is 0 Å². The van der Waals surface area contributed by atoms with E-state index in [0.29, 0.717) is 6.54 Å². The SMILES string of the molecule is CC1CCC(C(=O)N2CC(=O)Nc3ccccc3C2)O1. The van der Waals surface area contributed by atoms with Gasteiger partial charge in [0, 0.05) is 12.2 Å². The Morgan fingerprint density at radius 2 is 2.10 bits per heavy atom. The van der Waals surface area contributed by atoms with Crippen molar-refractivity contribution in [3.05, 3.63) is 29.8 Å². The molecule has 0 radical (unpaired) electrons. The minimum absolute atomic E-state index is 0.0822. The zero-order chi connectivity index (χ0) is 14.1. The third kappa shape index (κ3) is 2.54. The van der Waals surface area contributed by atoms with E-state index in [9.17, 15) is 9.59 Å². The molecule has 0 bridgehead atoms. The molecule has 20 heavy (non-hydrogen) atoms. The highest BCUT2D eigenvalue weighted by Gasteiger charge is 2.33. The van der Waals surface area contributed by atoms with Crippen LogP contribution in [0.2, 0.25) is 0 Å². The summed E-state index contributed by atoms with van der Waals surface area (Å²) in [5.74, 6) is -0.240. The van der Waals surface area contributed by atoms with E-state index in [1.165, 1.54) is 0 Å². The normalized spacial score (nSPS) is 25.9. The second-order valence-corrected chi connectivity index (χ2v) is 5.41. The number of ether oxygens (including phenoxy) is 1. The Kier molecular flexibility index (Phi) is 3.44. The first-order valence-corrected chi connectivity index (χ1v) is 6.95. The van der Waals surface area contributed by atoms with Gasteiger partial charge in [0.25, 0.3) is 5.91 Å². The number of amides is 2. The van der Waals surface area contributed by atoms with Gasteiger partial charge in [-0.1, -0.05) is 18.2 Å². The zero-order valence-corrected chi connectivity index (χ0v) is 11.5. The summed E-state index contributed by atoms with van der Waals surface area (Å²) in [4.78, 5) is 26.0. The number of nitrogens with one attached hydrogen (secondary N) is 1. The van der Waals surface area contributed by atoms with Gasteiger partial charge in [-0.3, -0.25) is 9.59 Å². The van der Waals surface area contributed by atoms with Crippen LogP contribution in [0.5, 0.6) is 0 Å². The van der Waals surface area contributed by atoms with E-state index in [1.54, 1.807) is 4.90 Å². The summed E-state index contributed by atoms with van der Waals surface area (Å²) in [6.07, 6.45) is 1.35. The highest BCUT2D eigenvalue weighted by Crippen LogP contribution is 2.24. The predicted octanol–water partition coefficient (Wildman–Crippen LogP) is 1.53. The molecular weight excluding hydrogens is 256 g/mol. The van der Waals surface area contributed by atoms with E-state index >= 15 is 0 Å². The maximum Gasteiger partial charge on any atom is 0.252 e. The van der Waals surface area contributed by atoms with Gasteiger partial charge in [-0.15, -0.1) is 0 Å². The van der Waals surface area contributed by atoms with Crippen molar-refractivity contribution < 1.29 is 14.3 Å². The summed E-state index contributed by atoms with van der Waals surface area (Å²) in [5.41, 5.74) is 1.74. The van der Waals surface area contributed by atoms with Crippen molar-refractivity contribution in [3.63, 3.8) is 0 Å². The van der Waals surface area contributed by atoms with Gasteiger partial charge in [0.05, 0.1) is 6.10 Å². The largest absolute Gasteiger partial charge is 0.365 e. The van der Waals surface area contributed by atoms with Crippen molar-refractivity contribution in [1.82, 2.24) is 4.90 Å². The lowest BCUT2D eigenvalue weighted by Gasteiger charge is -2.23. The number of fused-ring (bicyclic) bond motifs is 1. The van der Waals surface area contributed by atoms with E-state index in [2.05, 4.69) is 5.32 Å². The number of anilines is 1. The van der Waals surface area contributed by atoms with Gasteiger partial charge in [-0.25, -0.2) is 0 Å². The fourth-order valence-electron chi connectivity index (χ4n) is 2.75. The molecule has 1 aromatic carbocycles. The van der Waals surface area contributed by atoms with Gasteiger partial charge in [0.2, 0.25) is 5.91 Å². The average Bonchev–Trinajstić information content (AvgIpc) is 2.77. The van der Waals surface area contributed by atoms with E-state index < -0.39 is 6.10 Å². The fourth-order valence-corrected chi connectivity index (χ4v) is 2.75. The van der Waals surface area contributed by atoms with Crippen LogP contribution in [0.3, 0.4) is 0 Å². The Morgan fingerprint density at radius 1 is 1.30 bits per heavy atom. The monoisotopic (exact) mass is 274 g/mol. The number of carbonyl (C=O) groups is 2. The van der Waals surface area contributed by atoms with Gasteiger partial charge in [-0.2, -0.15) is 0 Å². The van der Waals surface area contributed by atoms with Crippen LogP contribution in [0.4, 0.5) is 5.69 Å². The van der Waals surface area contributed by atoms with Crippen LogP contribution < -0.4 is 5.32 Å². The average molecular weight is 274 g/mol. The number of para-hydroxylation sites is 1. The number of hydrogen-bond donors (Lipinski definition) is 1. The van der Waals surface area contributed by atoms with E-state index in [1.807, 2.05) is 31.2 Å². The Morgan fingerprint density at radius 3 is 2.85 bits per heavy atom. The molecule has 2 heterocycles. The zero-order valence-electron chi connectivity index (χ0n) is 11.5. The van der Waals surface area contributed by atoms with Gasteiger partial charge >= 0.3 is 0 Å². The van der Waals surface area contributed by atoms with Crippen LogP contribution in [0, 0.1) is 0 Å². The van der Waals surface area contributed by atoms with Crippen molar-refractivity contribution in [3.8, 4) is 0 Å². The van der Waals surface area contributed by atoms with Gasteiger partial charge in [-0.05, 0) is 31.4 Å². The molecule has 2 amide bonds. The van der Waals surface area contributed by atoms with Crippen LogP contribution in [-0.2, 0) is 20.9 Å². The Hall–Kier alpha value is -1.88. The molecule has 0 aromatic heterocycles. The number of rotatable bonds is 1. The minimum atomic E-state index is -0.400. The molecule has 2 aliphatic heterocycles. The molecule has 0 aliphatic carbocycles. The summed E-state index contributed by atoms with van der Waals surface area (Å²) >= 11 is 0. The first-order valence-electron chi connectivity index (χ1n) is 6.95. The lowest BCUT2D eigenvalue weighted by molar-refractivity contribution is -0.145. The van der Waals surface area contributed by atoms with Crippen LogP contribution in [0.1, 0.15) is 25.3 Å². The lowest BCUT2D eigenvalue weighted by atomic mass is 10.1. The fraction of sp³-hybridized carbons (Fsp3) is 0.467. The Bertz CT molecular complexity index is 544. The molecule has 2 unspecified atom stereocenters. The van der Waals surface area contributed by atoms with E-state index in [0.717, 1.165) is 24.1 Å². The molecule has 2 aliphatic rings. The van der Waals surface area contributed by atoms with Crippen molar-refractivity contribution in [2.75, 3.05) is 11.9 Å². The maximum absolute atomic E-state index is 12.5. The molecule has 1 saturated heterocycles. The van der Waals surface area contributed by atoms with Crippen LogP contribution in [0.25, 0.3) is 0 Å². The highest BCUT2D eigenvalue weighted by molar-refractivity contribution is 5.96. The molecule has 5 heteroatoms. The van der Waals surface area contributed by atoms with Crippen LogP contribution in [-0.4, -0.2) is 35.5 Å². The second-order valence-electron chi connectivity index (χ2n) is 5.41. The van der Waals surface area contributed by atoms with E-state index in [-0.39, 0.29) is 24.5 Å². The molecular formula is C15H18N2O3. The molecule has 0 spiro atoms. The second kappa shape index (κ2) is 5.25. The molecule has 0 saturated carbocycles. The number of hydrogen-bond acceptors (Lipinski definition) is 3. The Labute approximate surface area is 117 Å². The molecule has 3 rings (SSSR count). The minimum Gasteiger partial charge on any atom is -0.365 e. The standard InChI is InChI=1S/C15H18N2O3/c1-10-6-7-13(20-10)15(19)17-8-11-4-2-3-5-12(11)16-14(18)9-17/h2-5,10,13H,6-9H2,1H3,(H,16,18). The number of benzene rings is 1. The Balaban J connectivity index is 1.80. The first kappa shape index (κ1) is 13.1. The van der Waals surface area contributed by atoms with Crippen molar-refractivity contribution >= 4 is 17.5 Å². The topological polar surface area (TPSA) is 58.6 Å². The lowest BCUT2D eigenvalue weighted by Crippen LogP contribution is -2.41. The highest BCUT2D eigenvalue weighted by atomic mass is 16.5. The van der Waals surface area contributed by atoms with Crippen molar-refractivity contribution in [1.29, 1.82) is 0 Å². The first-order chi connectivity index (χ1) is 9.63. The van der Waals surface area contributed by atoms with Crippen molar-refractivity contribution in [2.24, 2.45) is 0 Å². The quantitative estimate of drug-likeness (QED) is 0.845. The van der Waals surface area contributed by atoms with Gasteiger partial charge in [0.1, 0.15) is 12.6 Å².